The molecule has 1 fully saturated rings. The van der Waals surface area contributed by atoms with E-state index in [4.69, 9.17) is 9.47 Å². The first-order chi connectivity index (χ1) is 14.7. The van der Waals surface area contributed by atoms with Crippen LogP contribution in [0, 0.1) is 0 Å². The van der Waals surface area contributed by atoms with Crippen molar-refractivity contribution < 1.29 is 14.3 Å². The number of benzene rings is 1. The predicted molar refractivity (Wildman–Crippen MR) is 116 cm³/mol. The van der Waals surface area contributed by atoms with E-state index >= 15 is 0 Å². The molecule has 0 saturated carbocycles. The van der Waals surface area contributed by atoms with Gasteiger partial charge in [-0.2, -0.15) is 0 Å². The lowest BCUT2D eigenvalue weighted by Crippen LogP contribution is -2.46. The lowest BCUT2D eigenvalue weighted by Gasteiger charge is -2.30. The summed E-state index contributed by atoms with van der Waals surface area (Å²) in [5.74, 6) is 1.70. The summed E-state index contributed by atoms with van der Waals surface area (Å²) in [5.41, 5.74) is 1.13. The van der Waals surface area contributed by atoms with Gasteiger partial charge in [0.2, 0.25) is 0 Å². The molecule has 30 heavy (non-hydrogen) atoms. The Kier molecular flexibility index (Phi) is 8.53. The lowest BCUT2D eigenvalue weighted by molar-refractivity contribution is 0.0345. The summed E-state index contributed by atoms with van der Waals surface area (Å²) in [6.45, 7) is 8.70. The minimum absolute atomic E-state index is 0.0407. The molecule has 3 rings (SSSR count). The zero-order chi connectivity index (χ0) is 21.2. The molecule has 0 spiro atoms. The van der Waals surface area contributed by atoms with Crippen molar-refractivity contribution in [3.63, 3.8) is 0 Å². The van der Waals surface area contributed by atoms with Crippen molar-refractivity contribution in [1.29, 1.82) is 0 Å². The van der Waals surface area contributed by atoms with E-state index in [0.717, 1.165) is 56.4 Å². The van der Waals surface area contributed by atoms with Crippen LogP contribution in [-0.4, -0.2) is 78.4 Å². The quantitative estimate of drug-likeness (QED) is 0.644. The van der Waals surface area contributed by atoms with Crippen molar-refractivity contribution in [2.45, 2.75) is 26.4 Å². The van der Waals surface area contributed by atoms with Gasteiger partial charge >= 0.3 is 6.03 Å². The van der Waals surface area contributed by atoms with E-state index in [1.165, 1.54) is 0 Å². The fourth-order valence-electron chi connectivity index (χ4n) is 3.46. The molecule has 0 atom stereocenters. The predicted octanol–water partition coefficient (Wildman–Crippen LogP) is 2.19. The fourth-order valence-corrected chi connectivity index (χ4v) is 3.46. The van der Waals surface area contributed by atoms with Gasteiger partial charge in [0, 0.05) is 51.7 Å². The van der Waals surface area contributed by atoms with Gasteiger partial charge in [-0.15, -0.1) is 0 Å². The van der Waals surface area contributed by atoms with Crippen LogP contribution in [0.1, 0.15) is 24.7 Å². The average molecular weight is 416 g/mol. The summed E-state index contributed by atoms with van der Waals surface area (Å²) in [6.07, 6.45) is 4.66. The third-order valence-corrected chi connectivity index (χ3v) is 5.22. The van der Waals surface area contributed by atoms with E-state index in [0.29, 0.717) is 26.2 Å². The van der Waals surface area contributed by atoms with E-state index in [1.54, 1.807) is 13.3 Å². The molecule has 1 aromatic heterocycles. The second-order valence-corrected chi connectivity index (χ2v) is 7.43. The van der Waals surface area contributed by atoms with E-state index in [9.17, 15) is 4.79 Å². The first-order valence-electron chi connectivity index (χ1n) is 10.7. The standard InChI is InChI=1S/C22H33N5O3/c1-3-7-24-22(28)27(11-10-25-12-14-30-15-13-25)18-21-23-8-9-26(21)17-19-5-4-6-20(16-19)29-2/h4-6,8-9,16H,3,7,10-15,17-18H2,1-2H3,(H,24,28). The van der Waals surface area contributed by atoms with Gasteiger partial charge in [0.1, 0.15) is 11.6 Å². The summed E-state index contributed by atoms with van der Waals surface area (Å²) >= 11 is 0. The van der Waals surface area contributed by atoms with Crippen molar-refractivity contribution >= 4 is 6.03 Å². The van der Waals surface area contributed by atoms with E-state index in [1.807, 2.05) is 29.3 Å². The molecule has 0 aliphatic carbocycles. The van der Waals surface area contributed by atoms with E-state index in [2.05, 4.69) is 32.8 Å². The Morgan fingerprint density at radius 1 is 1.33 bits per heavy atom. The van der Waals surface area contributed by atoms with Crippen molar-refractivity contribution in [2.75, 3.05) is 53.0 Å². The Hall–Kier alpha value is -2.58. The van der Waals surface area contributed by atoms with Crippen LogP contribution in [-0.2, 0) is 17.8 Å². The summed E-state index contributed by atoms with van der Waals surface area (Å²) in [7, 11) is 1.67. The summed E-state index contributed by atoms with van der Waals surface area (Å²) < 4.78 is 12.8. The van der Waals surface area contributed by atoms with Gasteiger partial charge in [-0.3, -0.25) is 4.90 Å². The van der Waals surface area contributed by atoms with Crippen LogP contribution < -0.4 is 10.1 Å². The van der Waals surface area contributed by atoms with Crippen LogP contribution in [0.5, 0.6) is 5.75 Å². The van der Waals surface area contributed by atoms with Gasteiger partial charge in [0.25, 0.3) is 0 Å². The Labute approximate surface area is 178 Å². The Morgan fingerprint density at radius 2 is 2.17 bits per heavy atom. The number of urea groups is 1. The first-order valence-corrected chi connectivity index (χ1v) is 10.7. The Morgan fingerprint density at radius 3 is 2.93 bits per heavy atom. The second-order valence-electron chi connectivity index (χ2n) is 7.43. The normalized spacial score (nSPS) is 14.5. The number of nitrogens with one attached hydrogen (secondary N) is 1. The second kappa shape index (κ2) is 11.6. The molecule has 164 valence electrons. The smallest absolute Gasteiger partial charge is 0.317 e. The van der Waals surface area contributed by atoms with E-state index in [-0.39, 0.29) is 6.03 Å². The van der Waals surface area contributed by atoms with E-state index < -0.39 is 0 Å². The minimum atomic E-state index is -0.0407. The number of morpholine rings is 1. The number of hydrogen-bond acceptors (Lipinski definition) is 5. The molecule has 0 bridgehead atoms. The molecule has 8 nitrogen and oxygen atoms in total. The fraction of sp³-hybridized carbons (Fsp3) is 0.545. The molecule has 1 aliphatic rings. The molecule has 1 aromatic carbocycles. The number of aromatic nitrogens is 2. The number of nitrogens with zero attached hydrogens (tertiary/aromatic N) is 4. The average Bonchev–Trinajstić information content (AvgIpc) is 3.22. The monoisotopic (exact) mass is 415 g/mol. The maximum atomic E-state index is 12.8. The molecule has 1 aliphatic heterocycles. The third kappa shape index (κ3) is 6.47. The largest absolute Gasteiger partial charge is 0.497 e. The van der Waals surface area contributed by atoms with Crippen LogP contribution >= 0.6 is 0 Å². The van der Waals surface area contributed by atoms with Crippen molar-refractivity contribution in [1.82, 2.24) is 24.7 Å². The highest BCUT2D eigenvalue weighted by Gasteiger charge is 2.19. The molecular formula is C22H33N5O3. The van der Waals surface area contributed by atoms with Gasteiger partial charge in [-0.1, -0.05) is 19.1 Å². The molecule has 1 saturated heterocycles. The highest BCUT2D eigenvalue weighted by molar-refractivity contribution is 5.74. The van der Waals surface area contributed by atoms with Gasteiger partial charge in [-0.25, -0.2) is 9.78 Å². The zero-order valence-corrected chi connectivity index (χ0v) is 18.0. The molecule has 2 aromatic rings. The molecule has 0 radical (unpaired) electrons. The molecule has 1 N–H and O–H groups in total. The van der Waals surface area contributed by atoms with Crippen LogP contribution in [0.4, 0.5) is 4.79 Å². The maximum Gasteiger partial charge on any atom is 0.317 e. The van der Waals surface area contributed by atoms with Crippen molar-refractivity contribution in [3.05, 3.63) is 48.0 Å². The number of rotatable bonds is 10. The number of carbonyl (C=O) groups excluding carboxylic acids is 1. The number of hydrogen-bond donors (Lipinski definition) is 1. The SMILES string of the molecule is CCCNC(=O)N(CCN1CCOCC1)Cc1nccn1Cc1cccc(OC)c1. The molecular weight excluding hydrogens is 382 g/mol. The summed E-state index contributed by atoms with van der Waals surface area (Å²) in [4.78, 5) is 21.5. The first kappa shape index (κ1) is 22.1. The number of amides is 2. The highest BCUT2D eigenvalue weighted by atomic mass is 16.5. The van der Waals surface area contributed by atoms with Crippen LogP contribution in [0.3, 0.4) is 0 Å². The number of imidazole rings is 1. The highest BCUT2D eigenvalue weighted by Crippen LogP contribution is 2.15. The number of methoxy groups -OCH3 is 1. The van der Waals surface area contributed by atoms with Crippen LogP contribution in [0.2, 0.25) is 0 Å². The maximum absolute atomic E-state index is 12.8. The van der Waals surface area contributed by atoms with Crippen molar-refractivity contribution in [3.8, 4) is 5.75 Å². The van der Waals surface area contributed by atoms with Gasteiger partial charge < -0.3 is 24.3 Å². The minimum Gasteiger partial charge on any atom is -0.497 e. The summed E-state index contributed by atoms with van der Waals surface area (Å²) in [5, 5.41) is 3.01. The lowest BCUT2D eigenvalue weighted by atomic mass is 10.2. The third-order valence-electron chi connectivity index (χ3n) is 5.22. The van der Waals surface area contributed by atoms with Crippen molar-refractivity contribution in [2.24, 2.45) is 0 Å². The molecule has 0 unspecified atom stereocenters. The van der Waals surface area contributed by atoms with Crippen LogP contribution in [0.25, 0.3) is 0 Å². The van der Waals surface area contributed by atoms with Gasteiger partial charge in [0.15, 0.2) is 0 Å². The van der Waals surface area contributed by atoms with Gasteiger partial charge in [0.05, 0.1) is 26.9 Å². The Bertz CT molecular complexity index is 789. The topological polar surface area (TPSA) is 71.9 Å². The zero-order valence-electron chi connectivity index (χ0n) is 18.0. The Balaban J connectivity index is 1.66. The van der Waals surface area contributed by atoms with Gasteiger partial charge in [-0.05, 0) is 24.1 Å². The molecule has 2 amide bonds. The molecule has 2 heterocycles. The number of carbonyl (C=O) groups is 1. The van der Waals surface area contributed by atoms with Crippen LogP contribution in [0.15, 0.2) is 36.7 Å². The number of ether oxygens (including phenoxy) is 2. The molecule has 8 heteroatoms. The summed E-state index contributed by atoms with van der Waals surface area (Å²) in [6, 6.07) is 7.96.